The molecule has 0 amide bonds. The average Bonchev–Trinajstić information content (AvgIpc) is 2.71. The number of nitrogens with zero attached hydrogens (tertiary/aromatic N) is 4. The minimum absolute atomic E-state index is 0.0546. The molecule has 0 bridgehead atoms. The van der Waals surface area contributed by atoms with Gasteiger partial charge >= 0.3 is 5.82 Å². The van der Waals surface area contributed by atoms with E-state index < -0.39 is 11.0 Å². The van der Waals surface area contributed by atoms with Crippen LogP contribution in [0.15, 0.2) is 6.33 Å². The van der Waals surface area contributed by atoms with Crippen molar-refractivity contribution in [1.29, 1.82) is 0 Å². The summed E-state index contributed by atoms with van der Waals surface area (Å²) in [6, 6.07) is 0. The van der Waals surface area contributed by atoms with E-state index in [-0.39, 0.29) is 12.4 Å². The van der Waals surface area contributed by atoms with E-state index in [9.17, 15) is 15.2 Å². The molecule has 2 heterocycles. The highest BCUT2D eigenvalue weighted by Gasteiger charge is 2.22. The first-order valence-electron chi connectivity index (χ1n) is 6.22. The zero-order valence-corrected chi connectivity index (χ0v) is 10.9. The van der Waals surface area contributed by atoms with E-state index in [0.717, 1.165) is 13.1 Å². The molecule has 0 aliphatic carbocycles. The zero-order chi connectivity index (χ0) is 13.8. The van der Waals surface area contributed by atoms with Crippen molar-refractivity contribution in [2.24, 2.45) is 0 Å². The average molecular weight is 270 g/mol. The minimum atomic E-state index is -0.662. The third kappa shape index (κ3) is 3.49. The molecule has 1 aliphatic heterocycles. The Bertz CT molecular complexity index is 442. The summed E-state index contributed by atoms with van der Waals surface area (Å²) in [7, 11) is 0. The summed E-state index contributed by atoms with van der Waals surface area (Å²) >= 11 is 0. The van der Waals surface area contributed by atoms with Crippen molar-refractivity contribution < 1.29 is 14.8 Å². The molecule has 2 rings (SSSR count). The number of aliphatic hydroxyl groups is 1. The number of aliphatic hydroxyl groups excluding tert-OH is 1. The van der Waals surface area contributed by atoms with E-state index in [1.54, 1.807) is 6.92 Å². The Morgan fingerprint density at radius 1 is 1.53 bits per heavy atom. The number of aromatic nitrogens is 2. The molecule has 1 atom stereocenters. The molecule has 0 aromatic carbocycles. The van der Waals surface area contributed by atoms with Gasteiger partial charge in [-0.1, -0.05) is 0 Å². The molecule has 106 valence electrons. The number of aryl methyl sites for hydroxylation is 1. The molecule has 0 spiro atoms. The van der Waals surface area contributed by atoms with Gasteiger partial charge in [-0.05, 0) is 11.8 Å². The van der Waals surface area contributed by atoms with Gasteiger partial charge in [-0.25, -0.2) is 9.55 Å². The van der Waals surface area contributed by atoms with Gasteiger partial charge in [0.25, 0.3) is 0 Å². The Balaban J connectivity index is 1.94. The fourth-order valence-electron chi connectivity index (χ4n) is 2.21. The first-order chi connectivity index (χ1) is 9.08. The van der Waals surface area contributed by atoms with Gasteiger partial charge in [0.1, 0.15) is 18.3 Å². The van der Waals surface area contributed by atoms with E-state index in [2.05, 4.69) is 9.88 Å². The number of hydrogen-bond acceptors (Lipinski definition) is 6. The Hall–Kier alpha value is -1.51. The van der Waals surface area contributed by atoms with Crippen LogP contribution in [0.4, 0.5) is 5.82 Å². The largest absolute Gasteiger partial charge is 0.388 e. The molecular weight excluding hydrogens is 252 g/mol. The number of nitro groups is 1. The SMILES string of the molecule is Cc1ncn(CC(O)CN2CCOCC2)c1[N+](=O)[O-]. The molecule has 8 heteroatoms. The van der Waals surface area contributed by atoms with Crippen LogP contribution in [0.5, 0.6) is 0 Å². The molecule has 1 aromatic rings. The Morgan fingerprint density at radius 3 is 2.84 bits per heavy atom. The minimum Gasteiger partial charge on any atom is -0.388 e. The summed E-state index contributed by atoms with van der Waals surface area (Å²) in [6.45, 7) is 5.13. The summed E-state index contributed by atoms with van der Waals surface area (Å²) in [5, 5.41) is 20.9. The molecule has 1 aliphatic rings. The lowest BCUT2D eigenvalue weighted by atomic mass is 10.3. The Morgan fingerprint density at radius 2 is 2.21 bits per heavy atom. The lowest BCUT2D eigenvalue weighted by molar-refractivity contribution is -0.393. The molecule has 0 saturated carbocycles. The molecule has 0 radical (unpaired) electrons. The molecule has 19 heavy (non-hydrogen) atoms. The maximum absolute atomic E-state index is 10.9. The van der Waals surface area contributed by atoms with E-state index in [4.69, 9.17) is 4.74 Å². The van der Waals surface area contributed by atoms with Crippen LogP contribution in [0.2, 0.25) is 0 Å². The zero-order valence-electron chi connectivity index (χ0n) is 10.9. The first-order valence-corrected chi connectivity index (χ1v) is 6.22. The summed E-state index contributed by atoms with van der Waals surface area (Å²) in [6.07, 6.45) is 0.737. The van der Waals surface area contributed by atoms with E-state index in [1.807, 2.05) is 0 Å². The van der Waals surface area contributed by atoms with E-state index >= 15 is 0 Å². The highest BCUT2D eigenvalue weighted by atomic mass is 16.6. The monoisotopic (exact) mass is 270 g/mol. The van der Waals surface area contributed by atoms with Gasteiger partial charge < -0.3 is 20.0 Å². The summed E-state index contributed by atoms with van der Waals surface area (Å²) < 4.78 is 6.61. The van der Waals surface area contributed by atoms with Crippen LogP contribution in [0.3, 0.4) is 0 Å². The number of rotatable bonds is 5. The second-order valence-electron chi connectivity index (χ2n) is 4.63. The smallest absolute Gasteiger partial charge is 0.345 e. The predicted molar refractivity (Wildman–Crippen MR) is 66.9 cm³/mol. The summed E-state index contributed by atoms with van der Waals surface area (Å²) in [5.74, 6) is -0.0546. The normalized spacial score (nSPS) is 18.4. The number of β-amino-alcohol motifs (C(OH)–C–C–N with tert-alkyl or cyclic N) is 1. The van der Waals surface area contributed by atoms with Crippen LogP contribution in [-0.2, 0) is 11.3 Å². The van der Waals surface area contributed by atoms with Crippen LogP contribution in [-0.4, -0.2) is 63.4 Å². The fraction of sp³-hybridized carbons (Fsp3) is 0.727. The third-order valence-electron chi connectivity index (χ3n) is 3.14. The van der Waals surface area contributed by atoms with Gasteiger partial charge in [-0.15, -0.1) is 0 Å². The van der Waals surface area contributed by atoms with Crippen LogP contribution in [0.25, 0.3) is 0 Å². The van der Waals surface area contributed by atoms with Gasteiger partial charge in [-0.2, -0.15) is 0 Å². The quantitative estimate of drug-likeness (QED) is 0.588. The maximum atomic E-state index is 10.9. The lowest BCUT2D eigenvalue weighted by Crippen LogP contribution is -2.42. The van der Waals surface area contributed by atoms with Crippen molar-refractivity contribution in [3.05, 3.63) is 22.1 Å². The Kier molecular flexibility index (Phi) is 4.46. The molecule has 1 fully saturated rings. The number of imidazole rings is 1. The van der Waals surface area contributed by atoms with Gasteiger partial charge in [0.15, 0.2) is 6.33 Å². The second-order valence-corrected chi connectivity index (χ2v) is 4.63. The molecule has 1 N–H and O–H groups in total. The van der Waals surface area contributed by atoms with E-state index in [0.29, 0.717) is 25.5 Å². The van der Waals surface area contributed by atoms with Crippen molar-refractivity contribution in [2.45, 2.75) is 19.6 Å². The first kappa shape index (κ1) is 13.9. The van der Waals surface area contributed by atoms with Gasteiger partial charge in [0.2, 0.25) is 0 Å². The highest BCUT2D eigenvalue weighted by Crippen LogP contribution is 2.16. The molecule has 8 nitrogen and oxygen atoms in total. The lowest BCUT2D eigenvalue weighted by Gasteiger charge is -2.28. The third-order valence-corrected chi connectivity index (χ3v) is 3.14. The van der Waals surface area contributed by atoms with Crippen LogP contribution >= 0.6 is 0 Å². The van der Waals surface area contributed by atoms with Crippen molar-refractivity contribution >= 4 is 5.82 Å². The van der Waals surface area contributed by atoms with Gasteiger partial charge in [-0.3, -0.25) is 4.90 Å². The van der Waals surface area contributed by atoms with Gasteiger partial charge in [0.05, 0.1) is 13.2 Å². The van der Waals surface area contributed by atoms with Crippen LogP contribution in [0, 0.1) is 17.0 Å². The van der Waals surface area contributed by atoms with Crippen LogP contribution < -0.4 is 0 Å². The van der Waals surface area contributed by atoms with E-state index in [1.165, 1.54) is 10.9 Å². The predicted octanol–water partition coefficient (Wildman–Crippen LogP) is -0.207. The maximum Gasteiger partial charge on any atom is 0.345 e. The number of ether oxygens (including phenoxy) is 1. The standard InChI is InChI=1S/C11H18N4O4/c1-9-11(15(17)18)14(8-12-9)7-10(16)6-13-2-4-19-5-3-13/h8,10,16H,2-7H2,1H3. The van der Waals surface area contributed by atoms with Crippen molar-refractivity contribution in [1.82, 2.24) is 14.5 Å². The number of morpholine rings is 1. The molecule has 1 aromatic heterocycles. The van der Waals surface area contributed by atoms with Crippen LogP contribution in [0.1, 0.15) is 5.69 Å². The van der Waals surface area contributed by atoms with Crippen molar-refractivity contribution in [2.75, 3.05) is 32.8 Å². The molecule has 1 saturated heterocycles. The van der Waals surface area contributed by atoms with Crippen molar-refractivity contribution in [3.8, 4) is 0 Å². The highest BCUT2D eigenvalue weighted by molar-refractivity contribution is 5.26. The summed E-state index contributed by atoms with van der Waals surface area (Å²) in [4.78, 5) is 16.4. The van der Waals surface area contributed by atoms with Crippen molar-refractivity contribution in [3.63, 3.8) is 0 Å². The fourth-order valence-corrected chi connectivity index (χ4v) is 2.21. The summed E-state index contributed by atoms with van der Waals surface area (Å²) in [5.41, 5.74) is 0.364. The topological polar surface area (TPSA) is 93.7 Å². The number of hydrogen-bond donors (Lipinski definition) is 1. The molecular formula is C11H18N4O4. The molecule has 1 unspecified atom stereocenters. The Labute approximate surface area is 110 Å². The van der Waals surface area contributed by atoms with Gasteiger partial charge in [0, 0.05) is 19.6 Å². The second kappa shape index (κ2) is 6.09.